The Morgan fingerprint density at radius 1 is 0.541 bits per heavy atom. The summed E-state index contributed by atoms with van der Waals surface area (Å²) in [7, 11) is -1.30. The maximum absolute atomic E-state index is 4.08. The van der Waals surface area contributed by atoms with E-state index in [1.807, 2.05) is 0 Å². The van der Waals surface area contributed by atoms with Gasteiger partial charge in [0.05, 0.1) is 5.70 Å². The summed E-state index contributed by atoms with van der Waals surface area (Å²) in [5, 5.41) is 5.47. The lowest BCUT2D eigenvalue weighted by molar-refractivity contribution is 1.38. The summed E-state index contributed by atoms with van der Waals surface area (Å²) >= 11 is 0. The van der Waals surface area contributed by atoms with Crippen molar-refractivity contribution >= 4 is 41.5 Å². The molecule has 0 amide bonds. The molecular weight excluding hydrogens is 465 g/mol. The number of rotatable bonds is 3. The minimum Gasteiger partial charge on any atom is -0.363 e. The highest BCUT2D eigenvalue weighted by Gasteiger charge is 2.27. The van der Waals surface area contributed by atoms with Crippen molar-refractivity contribution in [3.05, 3.63) is 173 Å². The number of benzene rings is 4. The zero-order chi connectivity index (χ0) is 24.6. The molecule has 1 N–H and O–H groups in total. The second-order valence-corrected chi connectivity index (χ2v) is 11.3. The Bertz CT molecular complexity index is 1700. The van der Waals surface area contributed by atoms with Crippen LogP contribution >= 0.6 is 7.70 Å². The second-order valence-electron chi connectivity index (χ2n) is 9.44. The Kier molecular flexibility index (Phi) is 5.50. The molecule has 1 unspecified atom stereocenters. The second kappa shape index (κ2) is 9.28. The summed E-state index contributed by atoms with van der Waals surface area (Å²) in [6.45, 7) is 0. The molecule has 4 aromatic carbocycles. The van der Waals surface area contributed by atoms with E-state index in [-0.39, 0.29) is 0 Å². The average molecular weight is 492 g/mol. The Balaban J connectivity index is 1.49. The lowest BCUT2D eigenvalue weighted by Gasteiger charge is -2.29. The molecule has 2 heteroatoms. The van der Waals surface area contributed by atoms with Gasteiger partial charge < -0.3 is 5.09 Å². The van der Waals surface area contributed by atoms with E-state index in [4.69, 9.17) is 0 Å². The molecule has 0 radical (unpaired) electrons. The van der Waals surface area contributed by atoms with E-state index < -0.39 is 7.70 Å². The predicted molar refractivity (Wildman–Crippen MR) is 162 cm³/mol. The van der Waals surface area contributed by atoms with Gasteiger partial charge in [-0.1, -0.05) is 133 Å². The van der Waals surface area contributed by atoms with Gasteiger partial charge >= 0.3 is 0 Å². The summed E-state index contributed by atoms with van der Waals surface area (Å²) in [5.74, 6) is 2.52. The fourth-order valence-electron chi connectivity index (χ4n) is 5.51. The van der Waals surface area contributed by atoms with Crippen LogP contribution in [0.15, 0.2) is 145 Å². The zero-order valence-electron chi connectivity index (χ0n) is 20.4. The summed E-state index contributed by atoms with van der Waals surface area (Å²) in [6, 6.07) is 41.1. The van der Waals surface area contributed by atoms with Crippen LogP contribution in [0.5, 0.6) is 0 Å². The highest BCUT2D eigenvalue weighted by molar-refractivity contribution is 7.62. The van der Waals surface area contributed by atoms with Gasteiger partial charge in [0.2, 0.25) is 0 Å². The third-order valence-corrected chi connectivity index (χ3v) is 9.34. The summed E-state index contributed by atoms with van der Waals surface area (Å²) < 4.78 is 0. The lowest BCUT2D eigenvalue weighted by Crippen LogP contribution is -2.15. The molecule has 4 aromatic rings. The first-order chi connectivity index (χ1) is 18.4. The van der Waals surface area contributed by atoms with Crippen LogP contribution < -0.4 is 5.09 Å². The Morgan fingerprint density at radius 2 is 1.16 bits per heavy atom. The quantitative estimate of drug-likeness (QED) is 0.283. The van der Waals surface area contributed by atoms with E-state index in [1.54, 1.807) is 0 Å². The highest BCUT2D eigenvalue weighted by Crippen LogP contribution is 2.49. The van der Waals surface area contributed by atoms with Crippen LogP contribution in [0.4, 0.5) is 0 Å². The number of nitrogens with one attached hydrogen (secondary N) is 1. The zero-order valence-corrected chi connectivity index (χ0v) is 21.4. The predicted octanol–water partition coefficient (Wildman–Crippen LogP) is 8.55. The van der Waals surface area contributed by atoms with Crippen LogP contribution in [-0.4, -0.2) is 5.29 Å². The Hall–Kier alpha value is -4.32. The standard InChI is InChI=1S/C35H26NP/c1-4-13-25(14-5-1)32-24-37(33-22-12-21-30-29-20-11-10-19-28(29)23-31(30)33)36-35(27-17-8-3-9-18-27)34(32)26-15-6-2-7-16-26/h1-24,36-37H. The van der Waals surface area contributed by atoms with Crippen LogP contribution in [0.3, 0.4) is 0 Å². The molecule has 0 fully saturated rings. The van der Waals surface area contributed by atoms with Crippen molar-refractivity contribution in [2.75, 3.05) is 0 Å². The van der Waals surface area contributed by atoms with Gasteiger partial charge in [0.25, 0.3) is 0 Å². The molecule has 7 rings (SSSR count). The van der Waals surface area contributed by atoms with Gasteiger partial charge in [-0.3, -0.25) is 0 Å². The first kappa shape index (κ1) is 21.9. The molecule has 2 aliphatic carbocycles. The minimum atomic E-state index is -1.30. The minimum absolute atomic E-state index is 1.20. The topological polar surface area (TPSA) is 12.0 Å². The van der Waals surface area contributed by atoms with Gasteiger partial charge in [0.15, 0.2) is 0 Å². The molecular formula is C35H26NP. The smallest absolute Gasteiger partial charge is 0.0532 e. The molecule has 1 nitrogen and oxygen atoms in total. The average Bonchev–Trinajstić information content (AvgIpc) is 3.37. The van der Waals surface area contributed by atoms with Crippen LogP contribution in [0.2, 0.25) is 0 Å². The van der Waals surface area contributed by atoms with Crippen LogP contribution in [0.1, 0.15) is 27.8 Å². The molecule has 0 spiro atoms. The first-order valence-corrected chi connectivity index (χ1v) is 14.3. The van der Waals surface area contributed by atoms with Gasteiger partial charge in [-0.05, 0) is 69.4 Å². The van der Waals surface area contributed by atoms with Crippen molar-refractivity contribution in [2.24, 2.45) is 0 Å². The molecule has 176 valence electrons. The molecule has 3 aliphatic rings. The Labute approximate surface area is 219 Å². The number of fused-ring (bicyclic) bond motifs is 3. The van der Waals surface area contributed by atoms with E-state index in [1.165, 1.54) is 61.1 Å². The van der Waals surface area contributed by atoms with Crippen LogP contribution in [0, 0.1) is 0 Å². The van der Waals surface area contributed by atoms with E-state index >= 15 is 0 Å². The highest BCUT2D eigenvalue weighted by atomic mass is 31.1. The molecule has 1 atom stereocenters. The number of hydrogen-bond acceptors (Lipinski definition) is 1. The van der Waals surface area contributed by atoms with Gasteiger partial charge in [0.1, 0.15) is 0 Å². The van der Waals surface area contributed by atoms with Gasteiger partial charge in [-0.25, -0.2) is 0 Å². The van der Waals surface area contributed by atoms with E-state index in [9.17, 15) is 0 Å². The SMILES string of the molecule is C1=CC(=[PH]2C=C(c3ccccc3)C(c3ccccc3)=C(c3ccccc3)N2)C2=Cc3ccccc3C2=C1. The normalized spacial score (nSPS) is 18.9. The van der Waals surface area contributed by atoms with Gasteiger partial charge in [-0.2, -0.15) is 0 Å². The van der Waals surface area contributed by atoms with Crippen LogP contribution in [0.25, 0.3) is 28.5 Å². The van der Waals surface area contributed by atoms with Crippen molar-refractivity contribution in [1.29, 1.82) is 0 Å². The van der Waals surface area contributed by atoms with Crippen molar-refractivity contribution < 1.29 is 0 Å². The molecule has 0 bridgehead atoms. The van der Waals surface area contributed by atoms with Crippen LogP contribution in [-0.2, 0) is 0 Å². The lowest BCUT2D eigenvalue weighted by atomic mass is 9.90. The fraction of sp³-hybridized carbons (Fsp3) is 0. The number of allylic oxidation sites excluding steroid dienone is 7. The molecule has 1 aliphatic heterocycles. The van der Waals surface area contributed by atoms with Crippen molar-refractivity contribution in [2.45, 2.75) is 0 Å². The summed E-state index contributed by atoms with van der Waals surface area (Å²) in [4.78, 5) is 0. The molecule has 1 heterocycles. The van der Waals surface area contributed by atoms with Gasteiger partial charge in [-0.15, -0.1) is 0 Å². The first-order valence-electron chi connectivity index (χ1n) is 12.7. The van der Waals surface area contributed by atoms with Gasteiger partial charge in [0, 0.05) is 5.57 Å². The summed E-state index contributed by atoms with van der Waals surface area (Å²) in [6.07, 6.45) is 9.17. The van der Waals surface area contributed by atoms with Crippen molar-refractivity contribution in [3.63, 3.8) is 0 Å². The fourth-order valence-corrected chi connectivity index (χ4v) is 7.79. The molecule has 0 saturated heterocycles. The Morgan fingerprint density at radius 3 is 1.89 bits per heavy atom. The third-order valence-electron chi connectivity index (χ3n) is 7.22. The number of hydrogen-bond donors (Lipinski definition) is 1. The molecule has 37 heavy (non-hydrogen) atoms. The largest absolute Gasteiger partial charge is 0.363 e. The third kappa shape index (κ3) is 3.89. The summed E-state index contributed by atoms with van der Waals surface area (Å²) in [5.41, 5.74) is 12.8. The van der Waals surface area contributed by atoms with E-state index in [2.05, 4.69) is 150 Å². The van der Waals surface area contributed by atoms with E-state index in [0.29, 0.717) is 0 Å². The van der Waals surface area contributed by atoms with Crippen molar-refractivity contribution in [1.82, 2.24) is 5.09 Å². The molecule has 0 saturated carbocycles. The maximum Gasteiger partial charge on any atom is 0.0532 e. The van der Waals surface area contributed by atoms with E-state index in [0.717, 1.165) is 0 Å². The maximum atomic E-state index is 4.08. The monoisotopic (exact) mass is 491 g/mol. The molecule has 0 aromatic heterocycles. The van der Waals surface area contributed by atoms with Crippen molar-refractivity contribution in [3.8, 4) is 0 Å².